The Labute approximate surface area is 130 Å². The molecule has 1 amide bonds. The minimum Gasteiger partial charge on any atom is -0.480 e. The number of hydrogen-bond acceptors (Lipinski definition) is 4. The Bertz CT molecular complexity index is 728. The van der Waals surface area contributed by atoms with Gasteiger partial charge in [-0.05, 0) is 19.1 Å². The van der Waals surface area contributed by atoms with E-state index in [4.69, 9.17) is 9.84 Å². The second kappa shape index (κ2) is 6.41. The number of nitrogens with zero attached hydrogens (tertiary/aromatic N) is 1. The van der Waals surface area contributed by atoms with Crippen LogP contribution in [0.5, 0.6) is 0 Å². The van der Waals surface area contributed by atoms with Crippen molar-refractivity contribution in [2.24, 2.45) is 0 Å². The van der Waals surface area contributed by atoms with E-state index in [9.17, 15) is 14.0 Å². The van der Waals surface area contributed by atoms with E-state index < -0.39 is 23.7 Å². The normalized spacial score (nSPS) is 12.4. The average molecular weight is 325 g/mol. The summed E-state index contributed by atoms with van der Waals surface area (Å²) in [5.74, 6) is -1.98. The first-order valence-corrected chi connectivity index (χ1v) is 7.39. The van der Waals surface area contributed by atoms with Crippen LogP contribution in [0.3, 0.4) is 0 Å². The molecule has 0 saturated carbocycles. The molecule has 0 radical (unpaired) electrons. The molecule has 1 unspecified atom stereocenters. The van der Waals surface area contributed by atoms with Gasteiger partial charge in [0.1, 0.15) is 11.9 Å². The second-order valence-electron chi connectivity index (χ2n) is 4.89. The molecule has 0 spiro atoms. The van der Waals surface area contributed by atoms with E-state index in [0.717, 1.165) is 16.2 Å². The highest BCUT2D eigenvalue weighted by molar-refractivity contribution is 7.21. The fraction of sp³-hybridized carbons (Fsp3) is 0.333. The lowest BCUT2D eigenvalue weighted by Crippen LogP contribution is -2.40. The summed E-state index contributed by atoms with van der Waals surface area (Å²) in [5.41, 5.74) is 0.454. The summed E-state index contributed by atoms with van der Waals surface area (Å²) in [6, 6.07) is 3.65. The molecule has 22 heavy (non-hydrogen) atoms. The van der Waals surface area contributed by atoms with Crippen molar-refractivity contribution in [1.82, 2.24) is 4.90 Å². The first kappa shape index (κ1) is 16.4. The van der Waals surface area contributed by atoms with E-state index in [1.165, 1.54) is 27.1 Å². The SMILES string of the molecule is COCc1c(C(=O)N(C)C(C)C(=O)O)sc2cccc(F)c12. The van der Waals surface area contributed by atoms with Crippen molar-refractivity contribution in [3.05, 3.63) is 34.5 Å². The summed E-state index contributed by atoms with van der Waals surface area (Å²) in [4.78, 5) is 25.0. The molecule has 118 valence electrons. The number of amides is 1. The van der Waals surface area contributed by atoms with Crippen molar-refractivity contribution < 1.29 is 23.8 Å². The summed E-state index contributed by atoms with van der Waals surface area (Å²) in [5, 5.41) is 9.39. The predicted octanol–water partition coefficient (Wildman–Crippen LogP) is 2.73. The minimum atomic E-state index is -1.10. The van der Waals surface area contributed by atoms with Crippen molar-refractivity contribution in [3.8, 4) is 0 Å². The van der Waals surface area contributed by atoms with E-state index >= 15 is 0 Å². The Morgan fingerprint density at radius 2 is 2.14 bits per heavy atom. The lowest BCUT2D eigenvalue weighted by Gasteiger charge is -2.21. The number of carboxylic acid groups (broad SMARTS) is 1. The standard InChI is InChI=1S/C15H16FNO4S/c1-8(15(19)20)17(2)14(18)13-9(7-21-3)12-10(16)5-4-6-11(12)22-13/h4-6,8H,7H2,1-3H3,(H,19,20). The quantitative estimate of drug-likeness (QED) is 0.918. The Kier molecular flexibility index (Phi) is 4.77. The smallest absolute Gasteiger partial charge is 0.326 e. The van der Waals surface area contributed by atoms with Gasteiger partial charge in [-0.25, -0.2) is 9.18 Å². The molecule has 1 aromatic carbocycles. The van der Waals surface area contributed by atoms with Gasteiger partial charge in [-0.15, -0.1) is 11.3 Å². The Morgan fingerprint density at radius 1 is 1.45 bits per heavy atom. The van der Waals surface area contributed by atoms with Crippen LogP contribution in [0.2, 0.25) is 0 Å². The first-order chi connectivity index (χ1) is 10.4. The summed E-state index contributed by atoms with van der Waals surface area (Å²) >= 11 is 1.14. The predicted molar refractivity (Wildman–Crippen MR) is 81.7 cm³/mol. The summed E-state index contributed by atoms with van der Waals surface area (Å²) in [6.45, 7) is 1.50. The van der Waals surface area contributed by atoms with Crippen molar-refractivity contribution in [2.75, 3.05) is 14.2 Å². The molecule has 0 bridgehead atoms. The van der Waals surface area contributed by atoms with Crippen molar-refractivity contribution in [2.45, 2.75) is 19.6 Å². The molecule has 1 aromatic heterocycles. The number of rotatable bonds is 5. The number of benzene rings is 1. The van der Waals surface area contributed by atoms with E-state index in [-0.39, 0.29) is 6.61 Å². The van der Waals surface area contributed by atoms with Gasteiger partial charge in [0.25, 0.3) is 5.91 Å². The van der Waals surface area contributed by atoms with Crippen LogP contribution in [0.4, 0.5) is 4.39 Å². The van der Waals surface area contributed by atoms with E-state index in [0.29, 0.717) is 20.5 Å². The molecule has 5 nitrogen and oxygen atoms in total. The van der Waals surface area contributed by atoms with E-state index in [2.05, 4.69) is 0 Å². The molecular weight excluding hydrogens is 309 g/mol. The van der Waals surface area contributed by atoms with Gasteiger partial charge >= 0.3 is 5.97 Å². The molecule has 1 atom stereocenters. The number of ether oxygens (including phenoxy) is 1. The Hall–Kier alpha value is -1.99. The number of hydrogen-bond donors (Lipinski definition) is 1. The lowest BCUT2D eigenvalue weighted by molar-refractivity contribution is -0.141. The molecule has 0 aliphatic rings. The van der Waals surface area contributed by atoms with Crippen LogP contribution >= 0.6 is 11.3 Å². The van der Waals surface area contributed by atoms with Gasteiger partial charge < -0.3 is 14.7 Å². The van der Waals surface area contributed by atoms with Gasteiger partial charge in [-0.1, -0.05) is 6.07 Å². The van der Waals surface area contributed by atoms with Crippen molar-refractivity contribution in [1.29, 1.82) is 0 Å². The van der Waals surface area contributed by atoms with Crippen LogP contribution in [0.25, 0.3) is 10.1 Å². The van der Waals surface area contributed by atoms with Gasteiger partial charge in [0.15, 0.2) is 0 Å². The zero-order chi connectivity index (χ0) is 16.4. The molecule has 0 aliphatic carbocycles. The monoisotopic (exact) mass is 325 g/mol. The van der Waals surface area contributed by atoms with E-state index in [1.807, 2.05) is 0 Å². The number of carbonyl (C=O) groups is 2. The van der Waals surface area contributed by atoms with Gasteiger partial charge in [0.2, 0.25) is 0 Å². The number of aliphatic carboxylic acids is 1. The van der Waals surface area contributed by atoms with E-state index in [1.54, 1.807) is 12.1 Å². The molecule has 1 heterocycles. The van der Waals surface area contributed by atoms with Gasteiger partial charge in [0.05, 0.1) is 11.5 Å². The van der Waals surface area contributed by atoms with Crippen LogP contribution in [0.15, 0.2) is 18.2 Å². The topological polar surface area (TPSA) is 66.8 Å². The van der Waals surface area contributed by atoms with Gasteiger partial charge in [0, 0.05) is 29.8 Å². The average Bonchev–Trinajstić information content (AvgIpc) is 2.85. The maximum Gasteiger partial charge on any atom is 0.326 e. The second-order valence-corrected chi connectivity index (χ2v) is 5.94. The van der Waals surface area contributed by atoms with Crippen LogP contribution in [-0.4, -0.2) is 42.1 Å². The fourth-order valence-electron chi connectivity index (χ4n) is 2.12. The van der Waals surface area contributed by atoms with Crippen LogP contribution in [-0.2, 0) is 16.1 Å². The third kappa shape index (κ3) is 2.82. The number of carboxylic acids is 1. The largest absolute Gasteiger partial charge is 0.480 e. The van der Waals surface area contributed by atoms with Crippen molar-refractivity contribution >= 4 is 33.3 Å². The van der Waals surface area contributed by atoms with Crippen LogP contribution in [0.1, 0.15) is 22.2 Å². The Morgan fingerprint density at radius 3 is 2.73 bits per heavy atom. The first-order valence-electron chi connectivity index (χ1n) is 6.57. The maximum atomic E-state index is 14.1. The molecule has 0 fully saturated rings. The zero-order valence-corrected chi connectivity index (χ0v) is 13.2. The number of thiophene rings is 1. The third-order valence-electron chi connectivity index (χ3n) is 3.50. The summed E-state index contributed by atoms with van der Waals surface area (Å²) in [7, 11) is 2.88. The minimum absolute atomic E-state index is 0.0807. The molecule has 1 N–H and O–H groups in total. The lowest BCUT2D eigenvalue weighted by atomic mass is 10.1. The number of methoxy groups -OCH3 is 1. The number of halogens is 1. The number of carbonyl (C=O) groups excluding carboxylic acids is 1. The number of likely N-dealkylation sites (N-methyl/N-ethyl adjacent to an activating group) is 1. The van der Waals surface area contributed by atoms with Gasteiger partial charge in [-0.2, -0.15) is 0 Å². The molecule has 2 aromatic rings. The third-order valence-corrected chi connectivity index (χ3v) is 4.69. The molecule has 0 saturated heterocycles. The Balaban J connectivity index is 2.55. The number of fused-ring (bicyclic) bond motifs is 1. The highest BCUT2D eigenvalue weighted by atomic mass is 32.1. The molecular formula is C15H16FNO4S. The molecule has 2 rings (SSSR count). The fourth-order valence-corrected chi connectivity index (χ4v) is 3.33. The summed E-state index contributed by atoms with van der Waals surface area (Å²) < 4.78 is 19.8. The molecule has 0 aliphatic heterocycles. The highest BCUT2D eigenvalue weighted by Gasteiger charge is 2.27. The maximum absolute atomic E-state index is 14.1. The summed E-state index contributed by atoms with van der Waals surface area (Å²) in [6.07, 6.45) is 0. The zero-order valence-electron chi connectivity index (χ0n) is 12.4. The highest BCUT2D eigenvalue weighted by Crippen LogP contribution is 2.34. The van der Waals surface area contributed by atoms with Gasteiger partial charge in [-0.3, -0.25) is 4.79 Å². The van der Waals surface area contributed by atoms with Crippen LogP contribution in [0, 0.1) is 5.82 Å². The van der Waals surface area contributed by atoms with Crippen LogP contribution < -0.4 is 0 Å². The van der Waals surface area contributed by atoms with Crippen molar-refractivity contribution in [3.63, 3.8) is 0 Å². The molecule has 7 heteroatoms.